The van der Waals surface area contributed by atoms with Gasteiger partial charge < -0.3 is 10.1 Å². The second-order valence-corrected chi connectivity index (χ2v) is 4.79. The first-order chi connectivity index (χ1) is 9.02. The van der Waals surface area contributed by atoms with E-state index < -0.39 is 0 Å². The van der Waals surface area contributed by atoms with Crippen LogP contribution in [0.1, 0.15) is 38.3 Å². The Morgan fingerprint density at radius 3 is 2.37 bits per heavy atom. The minimum atomic E-state index is -0.281. The summed E-state index contributed by atoms with van der Waals surface area (Å²) in [4.78, 5) is 22.9. The summed E-state index contributed by atoms with van der Waals surface area (Å²) in [5.41, 5.74) is 1.07. The Kier molecular flexibility index (Phi) is 6.06. The molecule has 0 aliphatic rings. The van der Waals surface area contributed by atoms with Gasteiger partial charge in [-0.25, -0.2) is 0 Å². The van der Waals surface area contributed by atoms with E-state index in [-0.39, 0.29) is 30.3 Å². The van der Waals surface area contributed by atoms with Crippen LogP contribution in [0.3, 0.4) is 0 Å². The molecule has 1 aromatic carbocycles. The quantitative estimate of drug-likeness (QED) is 0.802. The fourth-order valence-corrected chi connectivity index (χ4v) is 1.88. The van der Waals surface area contributed by atoms with E-state index in [2.05, 4.69) is 10.1 Å². The maximum Gasteiger partial charge on any atom is 0.305 e. The Morgan fingerprint density at radius 2 is 1.79 bits per heavy atom. The minimum Gasteiger partial charge on any atom is -0.469 e. The van der Waals surface area contributed by atoms with Crippen molar-refractivity contribution >= 4 is 11.9 Å². The Hall–Kier alpha value is -1.84. The van der Waals surface area contributed by atoms with Crippen LogP contribution in [0.5, 0.6) is 0 Å². The van der Waals surface area contributed by atoms with Crippen molar-refractivity contribution in [2.45, 2.75) is 32.7 Å². The van der Waals surface area contributed by atoms with E-state index in [1.807, 2.05) is 44.2 Å². The molecule has 4 nitrogen and oxygen atoms in total. The molecule has 1 amide bonds. The summed E-state index contributed by atoms with van der Waals surface area (Å²) in [6, 6.07) is 9.75. The lowest BCUT2D eigenvalue weighted by Crippen LogP contribution is -2.28. The monoisotopic (exact) mass is 263 g/mol. The van der Waals surface area contributed by atoms with Gasteiger partial charge in [-0.3, -0.25) is 9.59 Å². The Balaban J connectivity index is 2.41. The molecule has 0 radical (unpaired) electrons. The van der Waals surface area contributed by atoms with E-state index in [0.717, 1.165) is 5.56 Å². The summed E-state index contributed by atoms with van der Waals surface area (Å²) >= 11 is 0. The van der Waals surface area contributed by atoms with Crippen LogP contribution in [0, 0.1) is 5.92 Å². The van der Waals surface area contributed by atoms with Gasteiger partial charge in [0.25, 0.3) is 0 Å². The molecule has 0 fully saturated rings. The fourth-order valence-electron chi connectivity index (χ4n) is 1.88. The van der Waals surface area contributed by atoms with Gasteiger partial charge in [0.05, 0.1) is 13.2 Å². The molecule has 4 heteroatoms. The molecule has 0 heterocycles. The summed E-state index contributed by atoms with van der Waals surface area (Å²) in [7, 11) is 1.35. The van der Waals surface area contributed by atoms with Gasteiger partial charge in [-0.1, -0.05) is 37.3 Å². The summed E-state index contributed by atoms with van der Waals surface area (Å²) in [5.74, 6) is -0.348. The van der Waals surface area contributed by atoms with Crippen molar-refractivity contribution < 1.29 is 14.3 Å². The van der Waals surface area contributed by atoms with Crippen LogP contribution in [-0.2, 0) is 14.3 Å². The summed E-state index contributed by atoms with van der Waals surface area (Å²) in [5, 5.41) is 2.93. The number of ether oxygens (including phenoxy) is 1. The first-order valence-corrected chi connectivity index (χ1v) is 6.44. The molecule has 0 bridgehead atoms. The first kappa shape index (κ1) is 15.2. The predicted molar refractivity (Wildman–Crippen MR) is 73.4 cm³/mol. The number of rotatable bonds is 6. The average Bonchev–Trinajstić information content (AvgIpc) is 2.39. The van der Waals surface area contributed by atoms with Gasteiger partial charge in [0, 0.05) is 12.8 Å². The van der Waals surface area contributed by atoms with Crippen LogP contribution in [0.25, 0.3) is 0 Å². The molecule has 0 unspecified atom stereocenters. The molecule has 104 valence electrons. The highest BCUT2D eigenvalue weighted by atomic mass is 16.5. The predicted octanol–water partition coefficient (Wildman–Crippen LogP) is 2.45. The molecule has 0 aliphatic carbocycles. The smallest absolute Gasteiger partial charge is 0.305 e. The third-order valence-electron chi connectivity index (χ3n) is 2.95. The van der Waals surface area contributed by atoms with Crippen LogP contribution >= 0.6 is 0 Å². The van der Waals surface area contributed by atoms with Gasteiger partial charge in [-0.05, 0) is 18.4 Å². The largest absolute Gasteiger partial charge is 0.469 e. The number of methoxy groups -OCH3 is 1. The molecule has 19 heavy (non-hydrogen) atoms. The van der Waals surface area contributed by atoms with Crippen LogP contribution in [0.2, 0.25) is 0 Å². The van der Waals surface area contributed by atoms with Crippen molar-refractivity contribution in [1.29, 1.82) is 0 Å². The summed E-state index contributed by atoms with van der Waals surface area (Å²) in [6.45, 7) is 3.81. The Labute approximate surface area is 114 Å². The van der Waals surface area contributed by atoms with Crippen molar-refractivity contribution in [3.63, 3.8) is 0 Å². The zero-order valence-corrected chi connectivity index (χ0v) is 11.7. The summed E-state index contributed by atoms with van der Waals surface area (Å²) < 4.78 is 4.58. The number of carbonyl (C=O) groups is 2. The lowest BCUT2D eigenvalue weighted by Gasteiger charge is -2.16. The van der Waals surface area contributed by atoms with Gasteiger partial charge in [-0.15, -0.1) is 0 Å². The third-order valence-corrected chi connectivity index (χ3v) is 2.95. The van der Waals surface area contributed by atoms with E-state index in [1.165, 1.54) is 7.11 Å². The van der Waals surface area contributed by atoms with Gasteiger partial charge in [-0.2, -0.15) is 0 Å². The van der Waals surface area contributed by atoms with E-state index in [9.17, 15) is 9.59 Å². The van der Waals surface area contributed by atoms with Gasteiger partial charge in [0.15, 0.2) is 0 Å². The van der Waals surface area contributed by atoms with Gasteiger partial charge in [0.2, 0.25) is 5.91 Å². The zero-order valence-electron chi connectivity index (χ0n) is 11.7. The third kappa shape index (κ3) is 5.55. The van der Waals surface area contributed by atoms with Crippen LogP contribution < -0.4 is 5.32 Å². The molecule has 1 N–H and O–H groups in total. The highest BCUT2D eigenvalue weighted by Gasteiger charge is 2.15. The molecular weight excluding hydrogens is 242 g/mol. The van der Waals surface area contributed by atoms with E-state index in [4.69, 9.17) is 0 Å². The highest BCUT2D eigenvalue weighted by Crippen LogP contribution is 2.13. The van der Waals surface area contributed by atoms with Crippen molar-refractivity contribution in [2.24, 2.45) is 5.92 Å². The molecule has 0 spiro atoms. The van der Waals surface area contributed by atoms with E-state index in [1.54, 1.807) is 0 Å². The van der Waals surface area contributed by atoms with Crippen molar-refractivity contribution in [2.75, 3.05) is 7.11 Å². The number of esters is 1. The lowest BCUT2D eigenvalue weighted by molar-refractivity contribution is -0.141. The number of hydrogen-bond acceptors (Lipinski definition) is 3. The second-order valence-electron chi connectivity index (χ2n) is 4.79. The molecule has 1 rings (SSSR count). The maximum absolute atomic E-state index is 11.8. The Morgan fingerprint density at radius 1 is 1.16 bits per heavy atom. The van der Waals surface area contributed by atoms with E-state index in [0.29, 0.717) is 6.42 Å². The maximum atomic E-state index is 11.8. The first-order valence-electron chi connectivity index (χ1n) is 6.44. The van der Waals surface area contributed by atoms with Crippen molar-refractivity contribution in [1.82, 2.24) is 5.32 Å². The molecule has 0 saturated heterocycles. The average molecular weight is 263 g/mol. The number of carbonyl (C=O) groups excluding carboxylic acids is 2. The SMILES string of the molecule is COC(=O)C[C@@H](C)CC(=O)N[C@H](C)c1ccccc1. The molecule has 2 atom stereocenters. The number of benzene rings is 1. The molecule has 0 aliphatic heterocycles. The topological polar surface area (TPSA) is 55.4 Å². The van der Waals surface area contributed by atoms with E-state index >= 15 is 0 Å². The highest BCUT2D eigenvalue weighted by molar-refractivity contribution is 5.77. The normalized spacial score (nSPS) is 13.4. The molecule has 0 saturated carbocycles. The lowest BCUT2D eigenvalue weighted by atomic mass is 10.0. The zero-order chi connectivity index (χ0) is 14.3. The van der Waals surface area contributed by atoms with Crippen LogP contribution in [-0.4, -0.2) is 19.0 Å². The van der Waals surface area contributed by atoms with Gasteiger partial charge >= 0.3 is 5.97 Å². The molecule has 0 aromatic heterocycles. The number of nitrogens with one attached hydrogen (secondary N) is 1. The van der Waals surface area contributed by atoms with Crippen LogP contribution in [0.15, 0.2) is 30.3 Å². The summed E-state index contributed by atoms with van der Waals surface area (Å²) in [6.07, 6.45) is 0.593. The molecule has 1 aromatic rings. The van der Waals surface area contributed by atoms with Crippen molar-refractivity contribution in [3.05, 3.63) is 35.9 Å². The van der Waals surface area contributed by atoms with Gasteiger partial charge in [0.1, 0.15) is 0 Å². The molecular formula is C15H21NO3. The standard InChI is InChI=1S/C15H21NO3/c1-11(10-15(18)19-3)9-14(17)16-12(2)13-7-5-4-6-8-13/h4-8,11-12H,9-10H2,1-3H3,(H,16,17)/t11-,12+/m0/s1. The van der Waals surface area contributed by atoms with Crippen LogP contribution in [0.4, 0.5) is 0 Å². The fraction of sp³-hybridized carbons (Fsp3) is 0.467. The number of hydrogen-bond donors (Lipinski definition) is 1. The van der Waals surface area contributed by atoms with Crippen molar-refractivity contribution in [3.8, 4) is 0 Å². The Bertz CT molecular complexity index is 417. The minimum absolute atomic E-state index is 0.0181. The second kappa shape index (κ2) is 7.56. The number of amides is 1.